The molecule has 0 spiro atoms. The Labute approximate surface area is 454 Å². The zero-order valence-electron chi connectivity index (χ0n) is 41.6. The molecule has 4 heterocycles. The lowest BCUT2D eigenvalue weighted by molar-refractivity contribution is 1.19. The predicted octanol–water partition coefficient (Wildman–Crippen LogP) is 20.6. The van der Waals surface area contributed by atoms with Gasteiger partial charge in [-0.05, 0) is 103 Å². The number of nitrogens with one attached hydrogen (secondary N) is 3. The molecule has 0 amide bonds. The fraction of sp³-hybridized carbons (Fsp3) is 0. The molecule has 0 aliphatic carbocycles. The Kier molecular flexibility index (Phi) is 9.88. The van der Waals surface area contributed by atoms with E-state index in [0.717, 1.165) is 0 Å². The van der Waals surface area contributed by atoms with Gasteiger partial charge in [0.25, 0.3) is 0 Å². The molecule has 0 fully saturated rings. The molecule has 77 heavy (non-hydrogen) atoms. The molecule has 3 N–H and O–H groups in total. The number of para-hydroxylation sites is 5. The number of aromatic nitrogens is 4. The fourth-order valence-corrected chi connectivity index (χ4v) is 13.5. The van der Waals surface area contributed by atoms with Crippen LogP contribution in [0.1, 0.15) is 0 Å². The Morgan fingerprint density at radius 1 is 0.234 bits per heavy atom. The smallest absolute Gasteiger partial charge is 0.0626 e. The summed E-state index contributed by atoms with van der Waals surface area (Å²) in [7, 11) is 0. The zero-order valence-corrected chi connectivity index (χ0v) is 43.7. The number of H-pyrrole nitrogens is 3. The van der Waals surface area contributed by atoms with Gasteiger partial charge in [0, 0.05) is 101 Å². The van der Waals surface area contributed by atoms with Gasteiger partial charge in [0.15, 0.2) is 0 Å². The van der Waals surface area contributed by atoms with E-state index in [9.17, 15) is 0 Å². The molecule has 360 valence electrons. The Morgan fingerprint density at radius 2 is 0.545 bits per heavy atom. The summed E-state index contributed by atoms with van der Waals surface area (Å²) in [6, 6.07) is 91.5. The van der Waals surface area contributed by atoms with Gasteiger partial charge >= 0.3 is 0 Å². The molecular formula is C72H45IN4. The van der Waals surface area contributed by atoms with Gasteiger partial charge in [0.1, 0.15) is 0 Å². The van der Waals surface area contributed by atoms with E-state index in [1.807, 2.05) is 18.2 Å². The van der Waals surface area contributed by atoms with Crippen molar-refractivity contribution in [2.75, 3.05) is 0 Å². The highest BCUT2D eigenvalue weighted by Gasteiger charge is 2.25. The average molecular weight is 1090 g/mol. The molecule has 18 aromatic rings. The van der Waals surface area contributed by atoms with Gasteiger partial charge in [-0.1, -0.05) is 206 Å². The van der Waals surface area contributed by atoms with Gasteiger partial charge in [-0.3, -0.25) is 0 Å². The van der Waals surface area contributed by atoms with E-state index in [1.54, 1.807) is 0 Å². The van der Waals surface area contributed by atoms with Gasteiger partial charge < -0.3 is 19.5 Å². The molecule has 0 unspecified atom stereocenters. The van der Waals surface area contributed by atoms with Crippen LogP contribution in [-0.2, 0) is 0 Å². The first-order valence-corrected chi connectivity index (χ1v) is 27.4. The summed E-state index contributed by atoms with van der Waals surface area (Å²) >= 11 is 2.28. The van der Waals surface area contributed by atoms with E-state index in [1.165, 1.54) is 161 Å². The number of aromatic amines is 3. The van der Waals surface area contributed by atoms with Crippen LogP contribution in [-0.4, -0.2) is 19.5 Å². The Balaban J connectivity index is 0.000000116. The number of hydrogen-bond acceptors (Lipinski definition) is 0. The summed E-state index contributed by atoms with van der Waals surface area (Å²) in [5, 5.41) is 26.0. The van der Waals surface area contributed by atoms with Crippen LogP contribution in [0, 0.1) is 3.57 Å². The third-order valence-corrected chi connectivity index (χ3v) is 16.8. The minimum atomic E-state index is 1.17. The Hall–Kier alpha value is -9.43. The predicted molar refractivity (Wildman–Crippen MR) is 340 cm³/mol. The molecule has 0 saturated carbocycles. The highest BCUT2D eigenvalue weighted by molar-refractivity contribution is 14.1. The molecule has 18 rings (SSSR count). The lowest BCUT2D eigenvalue weighted by Crippen LogP contribution is -1.94. The topological polar surface area (TPSA) is 52.3 Å². The first-order valence-electron chi connectivity index (χ1n) is 26.3. The summed E-state index contributed by atoms with van der Waals surface area (Å²) in [4.78, 5) is 11.3. The van der Waals surface area contributed by atoms with Crippen molar-refractivity contribution in [3.63, 3.8) is 0 Å². The number of fused-ring (bicyclic) bond motifs is 30. The highest BCUT2D eigenvalue weighted by atomic mass is 127. The number of rotatable bonds is 1. The van der Waals surface area contributed by atoms with Crippen molar-refractivity contribution >= 4 is 174 Å². The number of halogens is 1. The van der Waals surface area contributed by atoms with Crippen LogP contribution in [0.4, 0.5) is 0 Å². The van der Waals surface area contributed by atoms with E-state index >= 15 is 0 Å². The molecule has 4 aromatic heterocycles. The second-order valence-electron chi connectivity index (χ2n) is 20.2. The van der Waals surface area contributed by atoms with Gasteiger partial charge in [0.2, 0.25) is 0 Å². The second kappa shape index (κ2) is 17.3. The van der Waals surface area contributed by atoms with Gasteiger partial charge in [-0.25, -0.2) is 0 Å². The zero-order chi connectivity index (χ0) is 50.7. The van der Waals surface area contributed by atoms with E-state index < -0.39 is 0 Å². The van der Waals surface area contributed by atoms with Crippen molar-refractivity contribution in [1.29, 1.82) is 0 Å². The van der Waals surface area contributed by atoms with Crippen LogP contribution in [0.2, 0.25) is 0 Å². The fourth-order valence-electron chi connectivity index (χ4n) is 13.1. The normalized spacial score (nSPS) is 12.0. The van der Waals surface area contributed by atoms with Crippen molar-refractivity contribution < 1.29 is 0 Å². The van der Waals surface area contributed by atoms with Crippen LogP contribution < -0.4 is 0 Å². The lowest BCUT2D eigenvalue weighted by Gasteiger charge is -2.15. The molecule has 14 aromatic carbocycles. The maximum absolute atomic E-state index is 3.81. The second-order valence-corrected chi connectivity index (χ2v) is 21.4. The summed E-state index contributed by atoms with van der Waals surface area (Å²) in [6.07, 6.45) is 0. The SMILES string of the molecule is Ic1ccccc1.c1ccc(-n2c3ccccc3c3c4c(c5ccccc5c5[nH]c6ccccc6c54)c4ccccc4c32)cc1.c1ccc2c(c1)[nH]c1c3ccccc3c3c4ccccc4c4[nH]c5ccccc5c4c3c21. The lowest BCUT2D eigenvalue weighted by atomic mass is 9.89. The first-order chi connectivity index (χ1) is 38.2. The monoisotopic (exact) mass is 1090 g/mol. The third-order valence-electron chi connectivity index (χ3n) is 16.1. The quantitative estimate of drug-likeness (QED) is 0.108. The summed E-state index contributed by atoms with van der Waals surface area (Å²) in [5.41, 5.74) is 10.9. The minimum absolute atomic E-state index is 1.17. The standard InChI is InChI=1S/C36H22N2.C30H18N2.C6H5I/c1-2-12-22(13-3-1)38-30-21-11-9-19-28(30)33-34-31(24-15-5-7-17-26(24)36(33)38)23-14-4-6-16-25(23)35-32(34)27-18-8-10-20-29(27)37-35;1-3-11-19-17(9-1)25-18-10-2-4-12-20(18)30-27(22-14-6-8-16-24(22)32-30)28(25)26-21-13-5-7-15-23(21)31-29(19)26;7-6-4-2-1-3-5-6/h1-21,37H;1-16,31-32H;1-5H. The average Bonchev–Trinajstić information content (AvgIpc) is 4.48. The highest BCUT2D eigenvalue weighted by Crippen LogP contribution is 2.50. The molecule has 5 heteroatoms. The van der Waals surface area contributed by atoms with Gasteiger partial charge in [-0.2, -0.15) is 0 Å². The molecule has 4 nitrogen and oxygen atoms in total. The van der Waals surface area contributed by atoms with Crippen molar-refractivity contribution in [3.05, 3.63) is 258 Å². The molecule has 0 aliphatic rings. The minimum Gasteiger partial charge on any atom is -0.354 e. The maximum atomic E-state index is 3.81. The molecule has 0 bridgehead atoms. The number of benzene rings is 14. The van der Waals surface area contributed by atoms with E-state index in [0.29, 0.717) is 0 Å². The molecular weight excluding hydrogens is 1050 g/mol. The van der Waals surface area contributed by atoms with Gasteiger partial charge in [0.05, 0.1) is 27.6 Å². The van der Waals surface area contributed by atoms with E-state index in [-0.39, 0.29) is 0 Å². The molecule has 0 radical (unpaired) electrons. The van der Waals surface area contributed by atoms with Crippen LogP contribution >= 0.6 is 22.6 Å². The number of hydrogen-bond donors (Lipinski definition) is 3. The molecule has 0 saturated heterocycles. The van der Waals surface area contributed by atoms with E-state index in [4.69, 9.17) is 0 Å². The van der Waals surface area contributed by atoms with Crippen molar-refractivity contribution in [1.82, 2.24) is 19.5 Å². The Morgan fingerprint density at radius 3 is 0.961 bits per heavy atom. The number of nitrogens with zero attached hydrogens (tertiary/aromatic N) is 1. The molecule has 0 atom stereocenters. The first kappa shape index (κ1) is 43.9. The summed E-state index contributed by atoms with van der Waals surface area (Å²) in [5.74, 6) is 0. The van der Waals surface area contributed by atoms with Crippen LogP contribution in [0.5, 0.6) is 0 Å². The van der Waals surface area contributed by atoms with Crippen LogP contribution in [0.15, 0.2) is 255 Å². The van der Waals surface area contributed by atoms with Crippen molar-refractivity contribution in [2.24, 2.45) is 0 Å². The van der Waals surface area contributed by atoms with Gasteiger partial charge in [-0.15, -0.1) is 0 Å². The molecule has 0 aliphatic heterocycles. The Bertz CT molecular complexity index is 5270. The third kappa shape index (κ3) is 6.50. The summed E-state index contributed by atoms with van der Waals surface area (Å²) < 4.78 is 3.75. The van der Waals surface area contributed by atoms with Crippen LogP contribution in [0.25, 0.3) is 158 Å². The van der Waals surface area contributed by atoms with Crippen LogP contribution in [0.3, 0.4) is 0 Å². The van der Waals surface area contributed by atoms with Crippen molar-refractivity contribution in [3.8, 4) is 5.69 Å². The largest absolute Gasteiger partial charge is 0.354 e. The maximum Gasteiger partial charge on any atom is 0.0626 e. The van der Waals surface area contributed by atoms with E-state index in [2.05, 4.69) is 279 Å². The summed E-state index contributed by atoms with van der Waals surface area (Å²) in [6.45, 7) is 0. The van der Waals surface area contributed by atoms with Crippen molar-refractivity contribution in [2.45, 2.75) is 0 Å².